The van der Waals surface area contributed by atoms with Crippen molar-refractivity contribution >= 4 is 0 Å². The van der Waals surface area contributed by atoms with Crippen molar-refractivity contribution in [2.45, 2.75) is 25.4 Å². The molecule has 1 aliphatic carbocycles. The minimum Gasteiger partial charge on any atom is -0.475 e. The molecule has 4 heteroatoms. The molecule has 0 spiro atoms. The highest BCUT2D eigenvalue weighted by atomic mass is 16.5. The Morgan fingerprint density at radius 3 is 3.14 bits per heavy atom. The van der Waals surface area contributed by atoms with E-state index >= 15 is 0 Å². The summed E-state index contributed by atoms with van der Waals surface area (Å²) in [6.07, 6.45) is 5.42. The first kappa shape index (κ1) is 8.29. The van der Waals surface area contributed by atoms with Gasteiger partial charge < -0.3 is 14.0 Å². The van der Waals surface area contributed by atoms with Crippen LogP contribution in [0, 0.1) is 5.41 Å². The number of fused-ring (bicyclic) bond motifs is 2. The Bertz CT molecular complexity index is 298. The van der Waals surface area contributed by atoms with Gasteiger partial charge in [0.1, 0.15) is 6.26 Å². The molecular formula is C10H13NO3. The van der Waals surface area contributed by atoms with Crippen molar-refractivity contribution in [2.75, 3.05) is 13.2 Å². The molecule has 4 nitrogen and oxygen atoms in total. The van der Waals surface area contributed by atoms with Gasteiger partial charge in [0.05, 0.1) is 12.7 Å². The molecule has 0 N–H and O–H groups in total. The Balaban J connectivity index is 1.58. The van der Waals surface area contributed by atoms with Gasteiger partial charge in [0.2, 0.25) is 0 Å². The number of hydrogen-bond acceptors (Lipinski definition) is 4. The Kier molecular flexibility index (Phi) is 1.77. The quantitative estimate of drug-likeness (QED) is 0.735. The van der Waals surface area contributed by atoms with E-state index in [2.05, 4.69) is 5.16 Å². The Hall–Kier alpha value is -1.03. The summed E-state index contributed by atoms with van der Waals surface area (Å²) in [6.45, 7) is 1.63. The van der Waals surface area contributed by atoms with Crippen LogP contribution in [0.4, 0.5) is 0 Å². The zero-order valence-corrected chi connectivity index (χ0v) is 7.94. The van der Waals surface area contributed by atoms with Gasteiger partial charge in [-0.1, -0.05) is 0 Å². The fraction of sp³-hybridized carbons (Fsp3) is 0.700. The average molecular weight is 195 g/mol. The van der Waals surface area contributed by atoms with E-state index in [9.17, 15) is 0 Å². The third-order valence-electron chi connectivity index (χ3n) is 3.25. The Morgan fingerprint density at radius 2 is 2.50 bits per heavy atom. The third kappa shape index (κ3) is 1.30. The number of aromatic nitrogens is 1. The molecule has 3 fully saturated rings. The monoisotopic (exact) mass is 195 g/mol. The lowest BCUT2D eigenvalue weighted by Gasteiger charge is -2.51. The molecule has 0 amide bonds. The molecule has 0 unspecified atom stereocenters. The van der Waals surface area contributed by atoms with E-state index in [1.54, 1.807) is 6.07 Å². The van der Waals surface area contributed by atoms with E-state index in [4.69, 9.17) is 14.0 Å². The van der Waals surface area contributed by atoms with Gasteiger partial charge in [-0.3, -0.25) is 0 Å². The largest absolute Gasteiger partial charge is 0.475 e. The molecule has 76 valence electrons. The SMILES string of the molecule is c1cc(OCC23CCOC(C2)C3)no1. The Labute approximate surface area is 82.2 Å². The molecule has 14 heavy (non-hydrogen) atoms. The Morgan fingerprint density at radius 1 is 1.57 bits per heavy atom. The molecule has 0 aromatic carbocycles. The lowest BCUT2D eigenvalue weighted by Crippen LogP contribution is -2.51. The van der Waals surface area contributed by atoms with Gasteiger partial charge in [-0.25, -0.2) is 0 Å². The summed E-state index contributed by atoms with van der Waals surface area (Å²) in [7, 11) is 0. The summed E-state index contributed by atoms with van der Waals surface area (Å²) in [5, 5.41) is 3.72. The summed E-state index contributed by atoms with van der Waals surface area (Å²) in [6, 6.07) is 1.74. The van der Waals surface area contributed by atoms with Crippen LogP contribution in [0.2, 0.25) is 0 Å². The van der Waals surface area contributed by atoms with Crippen LogP contribution in [0.5, 0.6) is 5.88 Å². The highest BCUT2D eigenvalue weighted by Crippen LogP contribution is 2.49. The van der Waals surface area contributed by atoms with Crippen LogP contribution in [-0.2, 0) is 4.74 Å². The smallest absolute Gasteiger partial charge is 0.254 e. The maximum absolute atomic E-state index is 5.57. The van der Waals surface area contributed by atoms with E-state index in [0.29, 0.717) is 17.4 Å². The highest BCUT2D eigenvalue weighted by molar-refractivity contribution is 5.05. The van der Waals surface area contributed by atoms with Gasteiger partial charge in [0.25, 0.3) is 5.88 Å². The second-order valence-electron chi connectivity index (χ2n) is 4.28. The number of nitrogens with zero attached hydrogens (tertiary/aromatic N) is 1. The van der Waals surface area contributed by atoms with Crippen molar-refractivity contribution in [1.82, 2.24) is 5.16 Å². The third-order valence-corrected chi connectivity index (χ3v) is 3.25. The zero-order valence-electron chi connectivity index (χ0n) is 7.94. The minimum absolute atomic E-state index is 0.363. The average Bonchev–Trinajstić information content (AvgIpc) is 2.67. The summed E-state index contributed by atoms with van der Waals surface area (Å²) in [4.78, 5) is 0. The summed E-state index contributed by atoms with van der Waals surface area (Å²) < 4.78 is 15.8. The normalized spacial score (nSPS) is 35.0. The lowest BCUT2D eigenvalue weighted by molar-refractivity contribution is -0.160. The summed E-state index contributed by atoms with van der Waals surface area (Å²) in [5.41, 5.74) is 0.363. The van der Waals surface area contributed by atoms with Crippen molar-refractivity contribution < 1.29 is 14.0 Å². The maximum atomic E-state index is 5.57. The molecule has 1 saturated carbocycles. The first-order valence-electron chi connectivity index (χ1n) is 5.01. The molecule has 3 heterocycles. The second-order valence-corrected chi connectivity index (χ2v) is 4.28. The molecule has 2 saturated heterocycles. The summed E-state index contributed by atoms with van der Waals surface area (Å²) >= 11 is 0. The lowest BCUT2D eigenvalue weighted by atomic mass is 9.63. The van der Waals surface area contributed by atoms with E-state index in [-0.39, 0.29) is 0 Å². The molecule has 2 bridgehead atoms. The van der Waals surface area contributed by atoms with Crippen LogP contribution in [0.25, 0.3) is 0 Å². The highest BCUT2D eigenvalue weighted by Gasteiger charge is 2.48. The van der Waals surface area contributed by atoms with E-state index in [1.165, 1.54) is 6.26 Å². The van der Waals surface area contributed by atoms with Gasteiger partial charge in [0.15, 0.2) is 0 Å². The molecule has 0 radical (unpaired) electrons. The van der Waals surface area contributed by atoms with Gasteiger partial charge in [-0.05, 0) is 24.4 Å². The minimum atomic E-state index is 0.363. The standard InChI is InChI=1S/C10H13NO3/c1-3-14-11-9(1)13-7-10-2-4-12-8(5-10)6-10/h1,3,8H,2,4-7H2. The van der Waals surface area contributed by atoms with Crippen molar-refractivity contribution in [3.8, 4) is 5.88 Å². The van der Waals surface area contributed by atoms with Gasteiger partial charge in [0, 0.05) is 18.1 Å². The van der Waals surface area contributed by atoms with E-state index in [1.807, 2.05) is 0 Å². The number of hydrogen-bond donors (Lipinski definition) is 0. The molecule has 4 rings (SSSR count). The number of ether oxygens (including phenoxy) is 2. The van der Waals surface area contributed by atoms with Crippen LogP contribution in [-0.4, -0.2) is 24.5 Å². The van der Waals surface area contributed by atoms with E-state index in [0.717, 1.165) is 32.5 Å². The van der Waals surface area contributed by atoms with Crippen molar-refractivity contribution in [3.63, 3.8) is 0 Å². The van der Waals surface area contributed by atoms with Crippen molar-refractivity contribution in [3.05, 3.63) is 12.3 Å². The van der Waals surface area contributed by atoms with Crippen LogP contribution in [0.1, 0.15) is 19.3 Å². The fourth-order valence-corrected chi connectivity index (χ4v) is 2.36. The van der Waals surface area contributed by atoms with Crippen LogP contribution in [0.15, 0.2) is 16.9 Å². The maximum Gasteiger partial charge on any atom is 0.254 e. The van der Waals surface area contributed by atoms with Gasteiger partial charge in [-0.15, -0.1) is 0 Å². The van der Waals surface area contributed by atoms with Crippen molar-refractivity contribution in [2.24, 2.45) is 5.41 Å². The first-order valence-corrected chi connectivity index (χ1v) is 5.01. The second kappa shape index (κ2) is 2.98. The van der Waals surface area contributed by atoms with Gasteiger partial charge in [-0.2, -0.15) is 0 Å². The molecule has 0 atom stereocenters. The topological polar surface area (TPSA) is 44.5 Å². The van der Waals surface area contributed by atoms with Crippen LogP contribution >= 0.6 is 0 Å². The first-order chi connectivity index (χ1) is 6.86. The number of rotatable bonds is 3. The zero-order chi connectivity index (χ0) is 9.43. The predicted molar refractivity (Wildman–Crippen MR) is 48.0 cm³/mol. The molecule has 1 aromatic rings. The van der Waals surface area contributed by atoms with Crippen LogP contribution < -0.4 is 4.74 Å². The van der Waals surface area contributed by atoms with Crippen LogP contribution in [0.3, 0.4) is 0 Å². The predicted octanol–water partition coefficient (Wildman–Crippen LogP) is 1.62. The molecule has 2 aliphatic heterocycles. The molecular weight excluding hydrogens is 182 g/mol. The fourth-order valence-electron chi connectivity index (χ4n) is 2.36. The molecule has 3 aliphatic rings. The van der Waals surface area contributed by atoms with Gasteiger partial charge >= 0.3 is 0 Å². The van der Waals surface area contributed by atoms with Crippen molar-refractivity contribution in [1.29, 1.82) is 0 Å². The van der Waals surface area contributed by atoms with E-state index < -0.39 is 0 Å². The molecule has 1 aromatic heterocycles. The summed E-state index contributed by atoms with van der Waals surface area (Å²) in [5.74, 6) is 0.592.